The summed E-state index contributed by atoms with van der Waals surface area (Å²) in [5.41, 5.74) is 0.723. The molecular weight excluding hydrogens is 324 g/mol. The standard InChI is InChI=1S/C19H20O6/c1-4-24-17-10-7-14(11-18(17)23-3)19(21)25-12-16(20)13-5-8-15(22-2)9-6-13/h5-11H,4,12H2,1-3H3. The summed E-state index contributed by atoms with van der Waals surface area (Å²) in [4.78, 5) is 24.2. The highest BCUT2D eigenvalue weighted by Gasteiger charge is 2.14. The second kappa shape index (κ2) is 8.73. The van der Waals surface area contributed by atoms with Gasteiger partial charge in [-0.1, -0.05) is 0 Å². The molecule has 2 aromatic rings. The number of Topliss-reactive ketones (excluding diaryl/α,β-unsaturated/α-hetero) is 1. The van der Waals surface area contributed by atoms with Gasteiger partial charge in [-0.2, -0.15) is 0 Å². The zero-order valence-corrected chi connectivity index (χ0v) is 14.4. The molecule has 0 heterocycles. The van der Waals surface area contributed by atoms with Crippen molar-refractivity contribution in [3.63, 3.8) is 0 Å². The highest BCUT2D eigenvalue weighted by Crippen LogP contribution is 2.28. The molecule has 0 atom stereocenters. The molecule has 0 N–H and O–H groups in total. The van der Waals surface area contributed by atoms with Crippen molar-refractivity contribution in [2.24, 2.45) is 0 Å². The SMILES string of the molecule is CCOc1ccc(C(=O)OCC(=O)c2ccc(OC)cc2)cc1OC. The molecule has 0 radical (unpaired) electrons. The molecule has 0 aliphatic carbocycles. The normalized spacial score (nSPS) is 10.0. The number of benzene rings is 2. The second-order valence-electron chi connectivity index (χ2n) is 5.03. The third-order valence-electron chi connectivity index (χ3n) is 3.45. The lowest BCUT2D eigenvalue weighted by Gasteiger charge is -2.10. The third kappa shape index (κ3) is 4.73. The molecule has 2 aromatic carbocycles. The second-order valence-corrected chi connectivity index (χ2v) is 5.03. The van der Waals surface area contributed by atoms with Gasteiger partial charge in [0, 0.05) is 5.56 Å². The van der Waals surface area contributed by atoms with Crippen LogP contribution >= 0.6 is 0 Å². The first-order valence-corrected chi connectivity index (χ1v) is 7.74. The van der Waals surface area contributed by atoms with Crippen LogP contribution in [0.4, 0.5) is 0 Å². The van der Waals surface area contributed by atoms with Crippen LogP contribution in [-0.2, 0) is 4.74 Å². The van der Waals surface area contributed by atoms with Gasteiger partial charge in [0.05, 0.1) is 26.4 Å². The summed E-state index contributed by atoms with van der Waals surface area (Å²) in [5.74, 6) is 0.709. The maximum atomic E-state index is 12.1. The van der Waals surface area contributed by atoms with Crippen molar-refractivity contribution in [1.82, 2.24) is 0 Å². The Morgan fingerprint density at radius 1 is 0.880 bits per heavy atom. The van der Waals surface area contributed by atoms with Gasteiger partial charge in [-0.25, -0.2) is 4.79 Å². The molecule has 132 valence electrons. The van der Waals surface area contributed by atoms with Crippen molar-refractivity contribution in [1.29, 1.82) is 0 Å². The number of hydrogen-bond donors (Lipinski definition) is 0. The number of ketones is 1. The summed E-state index contributed by atoms with van der Waals surface area (Å²) in [7, 11) is 3.03. The topological polar surface area (TPSA) is 71.1 Å². The monoisotopic (exact) mass is 344 g/mol. The minimum absolute atomic E-state index is 0.280. The highest BCUT2D eigenvalue weighted by molar-refractivity contribution is 5.99. The van der Waals surface area contributed by atoms with Crippen molar-refractivity contribution in [2.75, 3.05) is 27.4 Å². The maximum absolute atomic E-state index is 12.1. The smallest absolute Gasteiger partial charge is 0.338 e. The molecule has 6 nitrogen and oxygen atoms in total. The number of carbonyl (C=O) groups excluding carboxylic acids is 2. The molecule has 0 unspecified atom stereocenters. The van der Waals surface area contributed by atoms with Crippen molar-refractivity contribution < 1.29 is 28.5 Å². The molecule has 0 saturated heterocycles. The molecule has 0 fully saturated rings. The molecule has 2 rings (SSSR count). The van der Waals surface area contributed by atoms with Gasteiger partial charge >= 0.3 is 5.97 Å². The van der Waals surface area contributed by atoms with Crippen LogP contribution in [0.25, 0.3) is 0 Å². The van der Waals surface area contributed by atoms with E-state index in [1.807, 2.05) is 6.92 Å². The molecule has 6 heteroatoms. The Kier molecular flexibility index (Phi) is 6.39. The minimum atomic E-state index is -0.608. The predicted molar refractivity (Wildman–Crippen MR) is 91.8 cm³/mol. The van der Waals surface area contributed by atoms with Gasteiger partial charge in [-0.3, -0.25) is 4.79 Å². The fourth-order valence-corrected chi connectivity index (χ4v) is 2.14. The van der Waals surface area contributed by atoms with E-state index in [2.05, 4.69) is 0 Å². The van der Waals surface area contributed by atoms with Gasteiger partial charge in [0.1, 0.15) is 5.75 Å². The third-order valence-corrected chi connectivity index (χ3v) is 3.45. The lowest BCUT2D eigenvalue weighted by molar-refractivity contribution is 0.0474. The summed E-state index contributed by atoms with van der Waals surface area (Å²) >= 11 is 0. The zero-order chi connectivity index (χ0) is 18.2. The van der Waals surface area contributed by atoms with Crippen molar-refractivity contribution >= 4 is 11.8 Å². The van der Waals surface area contributed by atoms with Gasteiger partial charge in [-0.05, 0) is 49.4 Å². The van der Waals surface area contributed by atoms with Gasteiger partial charge in [0.15, 0.2) is 23.9 Å². The van der Waals surface area contributed by atoms with Crippen LogP contribution in [0.15, 0.2) is 42.5 Å². The van der Waals surface area contributed by atoms with Crippen LogP contribution in [0.5, 0.6) is 17.2 Å². The summed E-state index contributed by atoms with van der Waals surface area (Å²) < 4.78 is 20.7. The Labute approximate surface area is 146 Å². The largest absolute Gasteiger partial charge is 0.497 e. The minimum Gasteiger partial charge on any atom is -0.497 e. The maximum Gasteiger partial charge on any atom is 0.338 e. The van der Waals surface area contributed by atoms with E-state index >= 15 is 0 Å². The first-order valence-electron chi connectivity index (χ1n) is 7.74. The van der Waals surface area contributed by atoms with Gasteiger partial charge in [0.2, 0.25) is 0 Å². The molecule has 0 amide bonds. The molecule has 0 bridgehead atoms. The number of esters is 1. The van der Waals surface area contributed by atoms with Gasteiger partial charge in [-0.15, -0.1) is 0 Å². The molecule has 0 aromatic heterocycles. The first-order chi connectivity index (χ1) is 12.1. The van der Waals surface area contributed by atoms with Crippen molar-refractivity contribution in [3.05, 3.63) is 53.6 Å². The lowest BCUT2D eigenvalue weighted by Crippen LogP contribution is -2.14. The van der Waals surface area contributed by atoms with Crippen LogP contribution in [0.3, 0.4) is 0 Å². The lowest BCUT2D eigenvalue weighted by atomic mass is 10.1. The van der Waals surface area contributed by atoms with Crippen LogP contribution in [0, 0.1) is 0 Å². The average Bonchev–Trinajstić information content (AvgIpc) is 2.66. The number of rotatable bonds is 8. The zero-order valence-electron chi connectivity index (χ0n) is 14.4. The molecular formula is C19H20O6. The molecule has 0 spiro atoms. The van der Waals surface area contributed by atoms with E-state index in [-0.39, 0.29) is 18.0 Å². The van der Waals surface area contributed by atoms with E-state index in [0.29, 0.717) is 29.4 Å². The van der Waals surface area contributed by atoms with E-state index < -0.39 is 5.97 Å². The number of hydrogen-bond acceptors (Lipinski definition) is 6. The van der Waals surface area contributed by atoms with Crippen LogP contribution in [-0.4, -0.2) is 39.2 Å². The molecule has 0 aliphatic heterocycles. The Morgan fingerprint density at radius 2 is 1.56 bits per heavy atom. The Morgan fingerprint density at radius 3 is 2.16 bits per heavy atom. The molecule has 25 heavy (non-hydrogen) atoms. The van der Waals surface area contributed by atoms with Crippen LogP contribution < -0.4 is 14.2 Å². The van der Waals surface area contributed by atoms with Crippen LogP contribution in [0.1, 0.15) is 27.6 Å². The van der Waals surface area contributed by atoms with E-state index in [1.165, 1.54) is 13.2 Å². The number of ether oxygens (including phenoxy) is 4. The van der Waals surface area contributed by atoms with Gasteiger partial charge < -0.3 is 18.9 Å². The fourth-order valence-electron chi connectivity index (χ4n) is 2.14. The number of carbonyl (C=O) groups is 2. The molecule has 0 aliphatic rings. The van der Waals surface area contributed by atoms with Crippen molar-refractivity contribution in [2.45, 2.75) is 6.92 Å². The quantitative estimate of drug-likeness (QED) is 0.541. The summed E-state index contributed by atoms with van der Waals surface area (Å²) in [6.07, 6.45) is 0. The van der Waals surface area contributed by atoms with E-state index in [0.717, 1.165) is 0 Å². The average molecular weight is 344 g/mol. The Bertz CT molecular complexity index is 736. The molecule has 0 saturated carbocycles. The van der Waals surface area contributed by atoms with Gasteiger partial charge in [0.25, 0.3) is 0 Å². The fraction of sp³-hybridized carbons (Fsp3) is 0.263. The van der Waals surface area contributed by atoms with E-state index in [9.17, 15) is 9.59 Å². The van der Waals surface area contributed by atoms with Crippen molar-refractivity contribution in [3.8, 4) is 17.2 Å². The number of methoxy groups -OCH3 is 2. The van der Waals surface area contributed by atoms with E-state index in [1.54, 1.807) is 43.5 Å². The summed E-state index contributed by atoms with van der Waals surface area (Å²) in [6, 6.07) is 11.3. The Balaban J connectivity index is 2.00. The Hall–Kier alpha value is -3.02. The predicted octanol–water partition coefficient (Wildman–Crippen LogP) is 3.14. The summed E-state index contributed by atoms with van der Waals surface area (Å²) in [5, 5.41) is 0. The first kappa shape index (κ1) is 18.3. The van der Waals surface area contributed by atoms with Crippen LogP contribution in [0.2, 0.25) is 0 Å². The van der Waals surface area contributed by atoms with E-state index in [4.69, 9.17) is 18.9 Å². The highest BCUT2D eigenvalue weighted by atomic mass is 16.5. The summed E-state index contributed by atoms with van der Waals surface area (Å²) in [6.45, 7) is 1.99.